The summed E-state index contributed by atoms with van der Waals surface area (Å²) in [5.74, 6) is 1.54. The lowest BCUT2D eigenvalue weighted by Gasteiger charge is -2.20. The Morgan fingerprint density at radius 2 is 2.14 bits per heavy atom. The Kier molecular flexibility index (Phi) is 2.64. The van der Waals surface area contributed by atoms with E-state index in [1.807, 2.05) is 12.1 Å². The van der Waals surface area contributed by atoms with Crippen LogP contribution >= 0.6 is 15.9 Å². The molecule has 74 valence electrons. The largest absolute Gasteiger partial charge is 0.489 e. The first-order valence-electron chi connectivity index (χ1n) is 4.79. The van der Waals surface area contributed by atoms with Crippen LogP contribution in [0.4, 0.5) is 0 Å². The predicted octanol–water partition coefficient (Wildman–Crippen LogP) is 3.88. The third kappa shape index (κ3) is 1.85. The van der Waals surface area contributed by atoms with Gasteiger partial charge >= 0.3 is 0 Å². The maximum atomic E-state index is 5.68. The van der Waals surface area contributed by atoms with E-state index >= 15 is 0 Å². The molecule has 0 fully saturated rings. The van der Waals surface area contributed by atoms with Crippen LogP contribution in [0.5, 0.6) is 5.75 Å². The van der Waals surface area contributed by atoms with Crippen LogP contribution in [-0.2, 0) is 0 Å². The van der Waals surface area contributed by atoms with Crippen molar-refractivity contribution in [3.8, 4) is 5.75 Å². The molecule has 14 heavy (non-hydrogen) atoms. The molecule has 0 radical (unpaired) electrons. The van der Waals surface area contributed by atoms with Crippen LogP contribution < -0.4 is 4.74 Å². The minimum atomic E-state index is 0.562. The molecule has 1 nitrogen and oxygen atoms in total. The number of benzene rings is 1. The lowest BCUT2D eigenvalue weighted by Crippen LogP contribution is -2.11. The van der Waals surface area contributed by atoms with Crippen molar-refractivity contribution in [3.63, 3.8) is 0 Å². The zero-order chi connectivity index (χ0) is 10.1. The zero-order valence-electron chi connectivity index (χ0n) is 8.38. The summed E-state index contributed by atoms with van der Waals surface area (Å²) < 4.78 is 6.75. The first-order valence-corrected chi connectivity index (χ1v) is 5.59. The van der Waals surface area contributed by atoms with E-state index in [9.17, 15) is 0 Å². The van der Waals surface area contributed by atoms with Gasteiger partial charge in [0.2, 0.25) is 0 Å². The smallest absolute Gasteiger partial charge is 0.128 e. The Morgan fingerprint density at radius 3 is 2.86 bits per heavy atom. The molecule has 0 aliphatic carbocycles. The standard InChI is InChI=1S/C12H13BrO/c1-8(2)10-5-9-3-4-11(13)6-12(9)14-7-10/h3-6,8H,7H2,1-2H3. The van der Waals surface area contributed by atoms with Crippen molar-refractivity contribution in [1.29, 1.82) is 0 Å². The van der Waals surface area contributed by atoms with Crippen LogP contribution in [0, 0.1) is 5.92 Å². The summed E-state index contributed by atoms with van der Waals surface area (Å²) in [5, 5.41) is 0. The molecule has 0 amide bonds. The molecular formula is C12H13BrO. The molecular weight excluding hydrogens is 240 g/mol. The molecule has 1 aromatic carbocycles. The monoisotopic (exact) mass is 252 g/mol. The van der Waals surface area contributed by atoms with Crippen LogP contribution in [-0.4, -0.2) is 6.61 Å². The number of halogens is 1. The fraction of sp³-hybridized carbons (Fsp3) is 0.333. The summed E-state index contributed by atoms with van der Waals surface area (Å²) in [6.07, 6.45) is 2.23. The van der Waals surface area contributed by atoms with Crippen LogP contribution in [0.15, 0.2) is 28.2 Å². The van der Waals surface area contributed by atoms with Crippen molar-refractivity contribution in [1.82, 2.24) is 0 Å². The van der Waals surface area contributed by atoms with Crippen LogP contribution in [0.2, 0.25) is 0 Å². The highest BCUT2D eigenvalue weighted by Crippen LogP contribution is 2.31. The van der Waals surface area contributed by atoms with Crippen molar-refractivity contribution in [2.24, 2.45) is 5.92 Å². The van der Waals surface area contributed by atoms with E-state index in [1.165, 1.54) is 11.1 Å². The second-order valence-electron chi connectivity index (χ2n) is 3.84. The summed E-state index contributed by atoms with van der Waals surface area (Å²) in [4.78, 5) is 0. The van der Waals surface area contributed by atoms with Gasteiger partial charge in [0.05, 0.1) is 0 Å². The number of hydrogen-bond donors (Lipinski definition) is 0. The summed E-state index contributed by atoms with van der Waals surface area (Å²) in [5.41, 5.74) is 2.54. The molecule has 0 saturated heterocycles. The predicted molar refractivity (Wildman–Crippen MR) is 62.5 cm³/mol. The normalized spacial score (nSPS) is 14.7. The van der Waals surface area contributed by atoms with Crippen molar-refractivity contribution in [2.75, 3.05) is 6.61 Å². The van der Waals surface area contributed by atoms with Crippen molar-refractivity contribution < 1.29 is 4.74 Å². The maximum absolute atomic E-state index is 5.68. The Hall–Kier alpha value is -0.760. The Morgan fingerprint density at radius 1 is 1.36 bits per heavy atom. The molecule has 1 aliphatic heterocycles. The van der Waals surface area contributed by atoms with E-state index in [-0.39, 0.29) is 0 Å². The second kappa shape index (κ2) is 3.77. The van der Waals surface area contributed by atoms with Gasteiger partial charge in [0.25, 0.3) is 0 Å². The molecule has 1 aliphatic rings. The van der Waals surface area contributed by atoms with Gasteiger partial charge in [-0.15, -0.1) is 0 Å². The van der Waals surface area contributed by atoms with Gasteiger partial charge in [0.15, 0.2) is 0 Å². The van der Waals surface area contributed by atoms with Gasteiger partial charge < -0.3 is 4.74 Å². The molecule has 2 heteroatoms. The highest BCUT2D eigenvalue weighted by molar-refractivity contribution is 9.10. The van der Waals surface area contributed by atoms with Crippen LogP contribution in [0.1, 0.15) is 19.4 Å². The molecule has 2 rings (SSSR count). The van der Waals surface area contributed by atoms with Crippen LogP contribution in [0.3, 0.4) is 0 Å². The number of ether oxygens (including phenoxy) is 1. The van der Waals surface area contributed by atoms with Gasteiger partial charge in [-0.3, -0.25) is 0 Å². The highest BCUT2D eigenvalue weighted by atomic mass is 79.9. The van der Waals surface area contributed by atoms with Crippen molar-refractivity contribution in [3.05, 3.63) is 33.8 Å². The molecule has 0 atom stereocenters. The van der Waals surface area contributed by atoms with Crippen LogP contribution in [0.25, 0.3) is 6.08 Å². The Bertz CT molecular complexity index is 380. The first kappa shape index (κ1) is 9.78. The van der Waals surface area contributed by atoms with E-state index in [1.54, 1.807) is 0 Å². The van der Waals surface area contributed by atoms with Gasteiger partial charge in [-0.2, -0.15) is 0 Å². The average Bonchev–Trinajstić information content (AvgIpc) is 2.16. The molecule has 1 aromatic rings. The first-order chi connectivity index (χ1) is 6.66. The summed E-state index contributed by atoms with van der Waals surface area (Å²) in [6.45, 7) is 5.11. The van der Waals surface area contributed by atoms with E-state index < -0.39 is 0 Å². The summed E-state index contributed by atoms with van der Waals surface area (Å²) in [7, 11) is 0. The summed E-state index contributed by atoms with van der Waals surface area (Å²) in [6, 6.07) is 6.14. The van der Waals surface area contributed by atoms with E-state index in [0.717, 1.165) is 16.8 Å². The quantitative estimate of drug-likeness (QED) is 0.737. The van der Waals surface area contributed by atoms with Gasteiger partial charge in [-0.25, -0.2) is 0 Å². The Balaban J connectivity index is 2.40. The minimum absolute atomic E-state index is 0.562. The zero-order valence-corrected chi connectivity index (χ0v) is 9.97. The van der Waals surface area contributed by atoms with E-state index in [2.05, 4.69) is 41.9 Å². The fourth-order valence-corrected chi connectivity index (χ4v) is 1.83. The van der Waals surface area contributed by atoms with E-state index in [0.29, 0.717) is 5.92 Å². The molecule has 0 unspecified atom stereocenters. The second-order valence-corrected chi connectivity index (χ2v) is 4.76. The SMILES string of the molecule is CC(C)C1=Cc2ccc(Br)cc2OC1. The average molecular weight is 253 g/mol. The van der Waals surface area contributed by atoms with E-state index in [4.69, 9.17) is 4.74 Å². The third-order valence-electron chi connectivity index (χ3n) is 2.45. The highest BCUT2D eigenvalue weighted by Gasteiger charge is 2.13. The number of fused-ring (bicyclic) bond motifs is 1. The lowest BCUT2D eigenvalue weighted by molar-refractivity contribution is 0.334. The van der Waals surface area contributed by atoms with Gasteiger partial charge in [-0.1, -0.05) is 35.8 Å². The van der Waals surface area contributed by atoms with Gasteiger partial charge in [-0.05, 0) is 29.7 Å². The number of rotatable bonds is 1. The molecule has 0 N–H and O–H groups in total. The van der Waals surface area contributed by atoms with Crippen molar-refractivity contribution in [2.45, 2.75) is 13.8 Å². The van der Waals surface area contributed by atoms with Crippen molar-refractivity contribution >= 4 is 22.0 Å². The molecule has 0 saturated carbocycles. The molecule has 0 aromatic heterocycles. The minimum Gasteiger partial charge on any atom is -0.489 e. The van der Waals surface area contributed by atoms with Gasteiger partial charge in [0, 0.05) is 10.0 Å². The third-order valence-corrected chi connectivity index (χ3v) is 2.95. The maximum Gasteiger partial charge on any atom is 0.128 e. The molecule has 0 spiro atoms. The lowest BCUT2D eigenvalue weighted by atomic mass is 9.99. The fourth-order valence-electron chi connectivity index (χ4n) is 1.49. The Labute approximate surface area is 92.9 Å². The molecule has 0 bridgehead atoms. The number of hydrogen-bond acceptors (Lipinski definition) is 1. The topological polar surface area (TPSA) is 9.23 Å². The van der Waals surface area contributed by atoms with Gasteiger partial charge in [0.1, 0.15) is 12.4 Å². The molecule has 1 heterocycles. The summed E-state index contributed by atoms with van der Waals surface area (Å²) >= 11 is 3.43.